The molecule has 6 nitrogen and oxygen atoms in total. The number of hydrogen-bond acceptors (Lipinski definition) is 6. The second-order valence-corrected chi connectivity index (χ2v) is 8.54. The predicted molar refractivity (Wildman–Crippen MR) is 136 cm³/mol. The number of phenols is 1. The number of aromatic nitrogens is 3. The molecule has 34 heavy (non-hydrogen) atoms. The monoisotopic (exact) mass is 463 g/mol. The largest absolute Gasteiger partial charge is 0.507 e. The molecule has 1 heterocycles. The molecular formula is C28H37N3O3. The fourth-order valence-electron chi connectivity index (χ4n) is 3.83. The zero-order chi connectivity index (χ0) is 24.0. The van der Waals surface area contributed by atoms with Crippen molar-refractivity contribution in [3.05, 3.63) is 48.5 Å². The normalized spacial score (nSPS) is 10.9. The van der Waals surface area contributed by atoms with Crippen LogP contribution in [0, 0.1) is 0 Å². The predicted octanol–water partition coefficient (Wildman–Crippen LogP) is 7.22. The first-order valence-electron chi connectivity index (χ1n) is 12.5. The molecule has 0 unspecified atom stereocenters. The second-order valence-electron chi connectivity index (χ2n) is 8.54. The van der Waals surface area contributed by atoms with Gasteiger partial charge in [-0.3, -0.25) is 0 Å². The van der Waals surface area contributed by atoms with Gasteiger partial charge in [0.05, 0.1) is 19.3 Å². The van der Waals surface area contributed by atoms with E-state index >= 15 is 0 Å². The number of unbranched alkanes of at least 4 members (excludes halogenated alkanes) is 9. The number of aromatic hydroxyl groups is 1. The van der Waals surface area contributed by atoms with Crippen molar-refractivity contribution < 1.29 is 14.6 Å². The van der Waals surface area contributed by atoms with Gasteiger partial charge in [-0.25, -0.2) is 4.98 Å². The molecule has 0 fully saturated rings. The van der Waals surface area contributed by atoms with Gasteiger partial charge >= 0.3 is 6.01 Å². The Morgan fingerprint density at radius 3 is 1.97 bits per heavy atom. The maximum atomic E-state index is 10.3. The lowest BCUT2D eigenvalue weighted by atomic mass is 10.1. The van der Waals surface area contributed by atoms with Crippen LogP contribution < -0.4 is 9.47 Å². The van der Waals surface area contributed by atoms with Gasteiger partial charge in [0.15, 0.2) is 11.6 Å². The quantitative estimate of drug-likeness (QED) is 0.240. The van der Waals surface area contributed by atoms with Gasteiger partial charge in [0.25, 0.3) is 0 Å². The average Bonchev–Trinajstić information content (AvgIpc) is 2.87. The molecule has 1 N–H and O–H groups in total. The molecule has 0 radical (unpaired) electrons. The van der Waals surface area contributed by atoms with Crippen molar-refractivity contribution in [2.75, 3.05) is 13.7 Å². The molecule has 2 aromatic carbocycles. The number of benzene rings is 2. The summed E-state index contributed by atoms with van der Waals surface area (Å²) in [4.78, 5) is 13.6. The number of phenolic OH excluding ortho intramolecular Hbond substituents is 1. The lowest BCUT2D eigenvalue weighted by Crippen LogP contribution is -2.05. The number of hydrogen-bond donors (Lipinski definition) is 1. The van der Waals surface area contributed by atoms with Crippen LogP contribution in [0.3, 0.4) is 0 Å². The van der Waals surface area contributed by atoms with Crippen LogP contribution in [0.4, 0.5) is 0 Å². The van der Waals surface area contributed by atoms with Gasteiger partial charge in [-0.2, -0.15) is 9.97 Å². The number of ether oxygens (including phenoxy) is 2. The first-order valence-corrected chi connectivity index (χ1v) is 12.5. The minimum Gasteiger partial charge on any atom is -0.507 e. The molecule has 0 atom stereocenters. The molecule has 0 amide bonds. The van der Waals surface area contributed by atoms with Gasteiger partial charge in [0.1, 0.15) is 11.5 Å². The van der Waals surface area contributed by atoms with E-state index in [1.54, 1.807) is 25.3 Å². The lowest BCUT2D eigenvalue weighted by molar-refractivity contribution is 0.281. The molecule has 1 aromatic heterocycles. The summed E-state index contributed by atoms with van der Waals surface area (Å²) in [6.07, 6.45) is 12.7. The summed E-state index contributed by atoms with van der Waals surface area (Å²) in [5, 5.41) is 10.3. The van der Waals surface area contributed by atoms with E-state index in [1.165, 1.54) is 51.4 Å². The third-order valence-corrected chi connectivity index (χ3v) is 5.84. The second kappa shape index (κ2) is 14.2. The highest BCUT2D eigenvalue weighted by molar-refractivity contribution is 5.66. The smallest absolute Gasteiger partial charge is 0.320 e. The van der Waals surface area contributed by atoms with Crippen LogP contribution in [-0.2, 0) is 0 Å². The van der Waals surface area contributed by atoms with Gasteiger partial charge in [0.2, 0.25) is 0 Å². The minimum absolute atomic E-state index is 0.120. The molecule has 0 saturated carbocycles. The highest BCUT2D eigenvalue weighted by Gasteiger charge is 2.14. The molecule has 0 aliphatic rings. The van der Waals surface area contributed by atoms with E-state index in [9.17, 15) is 5.11 Å². The third kappa shape index (κ3) is 8.01. The van der Waals surface area contributed by atoms with E-state index in [0.717, 1.165) is 24.2 Å². The van der Waals surface area contributed by atoms with Gasteiger partial charge < -0.3 is 14.6 Å². The van der Waals surface area contributed by atoms with Crippen LogP contribution in [0.1, 0.15) is 71.1 Å². The number of rotatable bonds is 15. The van der Waals surface area contributed by atoms with E-state index in [2.05, 4.69) is 21.9 Å². The van der Waals surface area contributed by atoms with Crippen LogP contribution >= 0.6 is 0 Å². The maximum Gasteiger partial charge on any atom is 0.320 e. The maximum absolute atomic E-state index is 10.3. The number of nitrogens with zero attached hydrogens (tertiary/aromatic N) is 3. The van der Waals surface area contributed by atoms with E-state index in [1.807, 2.05) is 30.3 Å². The van der Waals surface area contributed by atoms with Crippen molar-refractivity contribution >= 4 is 0 Å². The van der Waals surface area contributed by atoms with Crippen LogP contribution in [0.15, 0.2) is 48.5 Å². The number of para-hydroxylation sites is 1. The standard InChI is InChI=1S/C28H37N3O3/c1-3-4-5-6-7-8-9-10-11-14-21-34-28-30-26(22-17-19-23(33-2)20-18-22)29-27(31-28)24-15-12-13-16-25(24)32/h12-13,15-20,32H,3-11,14,21H2,1-2H3. The molecule has 0 bridgehead atoms. The van der Waals surface area contributed by atoms with Crippen molar-refractivity contribution in [1.29, 1.82) is 0 Å². The molecule has 0 saturated heterocycles. The summed E-state index contributed by atoms with van der Waals surface area (Å²) in [6.45, 7) is 2.81. The fourth-order valence-corrected chi connectivity index (χ4v) is 3.83. The van der Waals surface area contributed by atoms with Crippen molar-refractivity contribution in [1.82, 2.24) is 15.0 Å². The summed E-state index contributed by atoms with van der Waals surface area (Å²) in [5.74, 6) is 1.76. The Hall–Kier alpha value is -3.15. The SMILES string of the molecule is CCCCCCCCCCCCOc1nc(-c2ccc(OC)cc2)nc(-c2ccccc2O)n1. The first-order chi connectivity index (χ1) is 16.7. The third-order valence-electron chi connectivity index (χ3n) is 5.84. The summed E-state index contributed by atoms with van der Waals surface area (Å²) < 4.78 is 11.2. The molecular weight excluding hydrogens is 426 g/mol. The molecule has 0 aliphatic carbocycles. The van der Waals surface area contributed by atoms with Crippen molar-refractivity contribution in [3.63, 3.8) is 0 Å². The van der Waals surface area contributed by atoms with Gasteiger partial charge in [0, 0.05) is 5.56 Å². The Balaban J connectivity index is 1.59. The Labute approximate surface area is 203 Å². The van der Waals surface area contributed by atoms with Crippen LogP contribution in [0.25, 0.3) is 22.8 Å². The van der Waals surface area contributed by atoms with Gasteiger partial charge in [-0.1, -0.05) is 76.8 Å². The van der Waals surface area contributed by atoms with E-state index in [0.29, 0.717) is 23.8 Å². The lowest BCUT2D eigenvalue weighted by Gasteiger charge is -2.10. The topological polar surface area (TPSA) is 77.4 Å². The van der Waals surface area contributed by atoms with Crippen LogP contribution in [0.5, 0.6) is 17.5 Å². The zero-order valence-corrected chi connectivity index (χ0v) is 20.5. The summed E-state index contributed by atoms with van der Waals surface area (Å²) in [5.41, 5.74) is 1.37. The Morgan fingerprint density at radius 1 is 0.706 bits per heavy atom. The van der Waals surface area contributed by atoms with Gasteiger partial charge in [-0.05, 0) is 42.8 Å². The Kier molecular flexibility index (Phi) is 10.6. The molecule has 3 aromatic rings. The summed E-state index contributed by atoms with van der Waals surface area (Å²) >= 11 is 0. The molecule has 6 heteroatoms. The molecule has 0 spiro atoms. The van der Waals surface area contributed by atoms with E-state index < -0.39 is 0 Å². The fraction of sp³-hybridized carbons (Fsp3) is 0.464. The van der Waals surface area contributed by atoms with Gasteiger partial charge in [-0.15, -0.1) is 0 Å². The van der Waals surface area contributed by atoms with Crippen molar-refractivity contribution in [2.24, 2.45) is 0 Å². The van der Waals surface area contributed by atoms with Crippen molar-refractivity contribution in [3.8, 4) is 40.3 Å². The Bertz CT molecular complexity index is 992. The van der Waals surface area contributed by atoms with Crippen molar-refractivity contribution in [2.45, 2.75) is 71.1 Å². The highest BCUT2D eigenvalue weighted by atomic mass is 16.5. The molecule has 182 valence electrons. The average molecular weight is 464 g/mol. The summed E-state index contributed by atoms with van der Waals surface area (Å²) in [6, 6.07) is 14.8. The molecule has 0 aliphatic heterocycles. The van der Waals surface area contributed by atoms with Crippen LogP contribution in [0.2, 0.25) is 0 Å². The zero-order valence-electron chi connectivity index (χ0n) is 20.5. The Morgan fingerprint density at radius 2 is 1.32 bits per heavy atom. The minimum atomic E-state index is 0.120. The van der Waals surface area contributed by atoms with E-state index in [4.69, 9.17) is 9.47 Å². The van der Waals surface area contributed by atoms with Crippen LogP contribution in [-0.4, -0.2) is 33.8 Å². The summed E-state index contributed by atoms with van der Waals surface area (Å²) in [7, 11) is 1.63. The highest BCUT2D eigenvalue weighted by Crippen LogP contribution is 2.29. The first kappa shape index (κ1) is 25.5. The number of methoxy groups -OCH3 is 1. The molecule has 3 rings (SSSR count). The van der Waals surface area contributed by atoms with E-state index in [-0.39, 0.29) is 11.8 Å².